The van der Waals surface area contributed by atoms with Gasteiger partial charge in [-0.15, -0.1) is 0 Å². The zero-order valence-electron chi connectivity index (χ0n) is 11.6. The third-order valence-electron chi connectivity index (χ3n) is 3.93. The molecule has 3 nitrogen and oxygen atoms in total. The lowest BCUT2D eigenvalue weighted by molar-refractivity contribution is 0.0839. The van der Waals surface area contributed by atoms with Crippen LogP contribution in [0, 0.1) is 5.82 Å². The Morgan fingerprint density at radius 2 is 1.89 bits per heavy atom. The van der Waals surface area contributed by atoms with Crippen molar-refractivity contribution in [1.82, 2.24) is 10.2 Å². The first-order valence-electron chi connectivity index (χ1n) is 6.83. The second-order valence-corrected chi connectivity index (χ2v) is 5.46. The number of piperidine rings is 1. The summed E-state index contributed by atoms with van der Waals surface area (Å²) in [5, 5.41) is 3.09. The molecular formula is C15H21FN2O. The Morgan fingerprint density at radius 1 is 1.32 bits per heavy atom. The molecule has 1 aromatic carbocycles. The van der Waals surface area contributed by atoms with Crippen LogP contribution in [-0.2, 0) is 0 Å². The van der Waals surface area contributed by atoms with Crippen molar-refractivity contribution in [1.29, 1.82) is 0 Å². The highest BCUT2D eigenvalue weighted by Crippen LogP contribution is 2.22. The smallest absolute Gasteiger partial charge is 0.251 e. The minimum absolute atomic E-state index is 0.118. The van der Waals surface area contributed by atoms with Crippen molar-refractivity contribution in [2.75, 3.05) is 19.6 Å². The fourth-order valence-corrected chi connectivity index (χ4v) is 2.44. The maximum absolute atomic E-state index is 12.8. The van der Waals surface area contributed by atoms with E-state index in [0.29, 0.717) is 5.56 Å². The van der Waals surface area contributed by atoms with Crippen LogP contribution in [0.25, 0.3) is 0 Å². The van der Waals surface area contributed by atoms with Gasteiger partial charge in [-0.05, 0) is 50.6 Å². The number of rotatable bonds is 3. The maximum atomic E-state index is 12.8. The van der Waals surface area contributed by atoms with Gasteiger partial charge in [0.1, 0.15) is 5.82 Å². The van der Waals surface area contributed by atoms with Gasteiger partial charge in [-0.1, -0.05) is 6.92 Å². The van der Waals surface area contributed by atoms with Crippen LogP contribution in [0.15, 0.2) is 24.3 Å². The number of hydrogen-bond acceptors (Lipinski definition) is 2. The second-order valence-electron chi connectivity index (χ2n) is 5.46. The lowest BCUT2D eigenvalue weighted by Crippen LogP contribution is -2.53. The number of carbonyl (C=O) groups is 1. The van der Waals surface area contributed by atoms with Crippen LogP contribution < -0.4 is 5.32 Å². The highest BCUT2D eigenvalue weighted by atomic mass is 19.1. The van der Waals surface area contributed by atoms with E-state index in [1.165, 1.54) is 24.3 Å². The van der Waals surface area contributed by atoms with E-state index in [2.05, 4.69) is 24.1 Å². The molecule has 1 fully saturated rings. The SMILES string of the molecule is CCN1CCC(C)(NC(=O)c2ccc(F)cc2)CC1. The highest BCUT2D eigenvalue weighted by Gasteiger charge is 2.31. The molecule has 1 heterocycles. The Kier molecular flexibility index (Phi) is 4.20. The fourth-order valence-electron chi connectivity index (χ4n) is 2.44. The number of nitrogens with one attached hydrogen (secondary N) is 1. The first-order valence-corrected chi connectivity index (χ1v) is 6.83. The van der Waals surface area contributed by atoms with Gasteiger partial charge in [-0.25, -0.2) is 4.39 Å². The van der Waals surface area contributed by atoms with Gasteiger partial charge < -0.3 is 10.2 Å². The summed E-state index contributed by atoms with van der Waals surface area (Å²) in [4.78, 5) is 14.5. The average Bonchev–Trinajstić information content (AvgIpc) is 2.40. The van der Waals surface area contributed by atoms with E-state index in [1.54, 1.807) is 0 Å². The zero-order chi connectivity index (χ0) is 13.9. The fraction of sp³-hybridized carbons (Fsp3) is 0.533. The van der Waals surface area contributed by atoms with Gasteiger partial charge in [0.05, 0.1) is 0 Å². The minimum Gasteiger partial charge on any atom is -0.347 e. The first kappa shape index (κ1) is 14.0. The van der Waals surface area contributed by atoms with Gasteiger partial charge in [0.25, 0.3) is 5.91 Å². The van der Waals surface area contributed by atoms with Crippen molar-refractivity contribution < 1.29 is 9.18 Å². The number of halogens is 1. The number of likely N-dealkylation sites (tertiary alicyclic amines) is 1. The second kappa shape index (κ2) is 5.70. The molecule has 0 spiro atoms. The van der Waals surface area contributed by atoms with Gasteiger partial charge in [0, 0.05) is 24.2 Å². The standard InChI is InChI=1S/C15H21FN2O/c1-3-18-10-8-15(2,9-11-18)17-14(19)12-4-6-13(16)7-5-12/h4-7H,3,8-11H2,1-2H3,(H,17,19). The summed E-state index contributed by atoms with van der Waals surface area (Å²) in [5.74, 6) is -0.438. The molecule has 4 heteroatoms. The molecule has 1 aromatic rings. The summed E-state index contributed by atoms with van der Waals surface area (Å²) >= 11 is 0. The van der Waals surface area contributed by atoms with Gasteiger partial charge in [-0.3, -0.25) is 4.79 Å². The molecule has 1 aliphatic heterocycles. The van der Waals surface area contributed by atoms with Crippen LogP contribution >= 0.6 is 0 Å². The summed E-state index contributed by atoms with van der Waals surface area (Å²) in [7, 11) is 0. The normalized spacial score (nSPS) is 19.1. The summed E-state index contributed by atoms with van der Waals surface area (Å²) < 4.78 is 12.8. The Bertz CT molecular complexity index is 436. The van der Waals surface area contributed by atoms with Crippen LogP contribution in [0.2, 0.25) is 0 Å². The van der Waals surface area contributed by atoms with E-state index < -0.39 is 0 Å². The minimum atomic E-state index is -0.320. The van der Waals surface area contributed by atoms with Crippen LogP contribution in [0.4, 0.5) is 4.39 Å². The molecule has 1 saturated heterocycles. The van der Waals surface area contributed by atoms with Crippen molar-refractivity contribution in [2.45, 2.75) is 32.2 Å². The molecule has 1 aliphatic rings. The molecule has 104 valence electrons. The third-order valence-corrected chi connectivity index (χ3v) is 3.93. The zero-order valence-corrected chi connectivity index (χ0v) is 11.6. The number of carbonyl (C=O) groups excluding carboxylic acids is 1. The van der Waals surface area contributed by atoms with Crippen molar-refractivity contribution in [3.63, 3.8) is 0 Å². The van der Waals surface area contributed by atoms with E-state index in [1.807, 2.05) is 0 Å². The molecule has 1 amide bonds. The molecule has 0 atom stereocenters. The van der Waals surface area contributed by atoms with Crippen LogP contribution in [0.5, 0.6) is 0 Å². The Balaban J connectivity index is 1.97. The molecule has 0 aromatic heterocycles. The van der Waals surface area contributed by atoms with Gasteiger partial charge >= 0.3 is 0 Å². The quantitative estimate of drug-likeness (QED) is 0.909. The van der Waals surface area contributed by atoms with Crippen molar-refractivity contribution in [3.05, 3.63) is 35.6 Å². The number of nitrogens with zero attached hydrogens (tertiary/aromatic N) is 1. The first-order chi connectivity index (χ1) is 9.02. The Morgan fingerprint density at radius 3 is 2.42 bits per heavy atom. The molecule has 0 saturated carbocycles. The molecule has 0 unspecified atom stereocenters. The monoisotopic (exact) mass is 264 g/mol. The van der Waals surface area contributed by atoms with Crippen molar-refractivity contribution in [3.8, 4) is 0 Å². The average molecular weight is 264 g/mol. The summed E-state index contributed by atoms with van der Waals surface area (Å²) in [6.07, 6.45) is 1.90. The van der Waals surface area contributed by atoms with Crippen LogP contribution in [0.3, 0.4) is 0 Å². The molecule has 2 rings (SSSR count). The predicted octanol–water partition coefficient (Wildman–Crippen LogP) is 2.43. The molecule has 0 aliphatic carbocycles. The van der Waals surface area contributed by atoms with E-state index >= 15 is 0 Å². The number of amides is 1. The van der Waals surface area contributed by atoms with Gasteiger partial charge in [0.2, 0.25) is 0 Å². The lowest BCUT2D eigenvalue weighted by Gasteiger charge is -2.39. The molecule has 0 radical (unpaired) electrons. The molecule has 19 heavy (non-hydrogen) atoms. The predicted molar refractivity (Wildman–Crippen MR) is 73.6 cm³/mol. The molecule has 0 bridgehead atoms. The Hall–Kier alpha value is -1.42. The topological polar surface area (TPSA) is 32.3 Å². The van der Waals surface area contributed by atoms with E-state index in [4.69, 9.17) is 0 Å². The molecule has 1 N–H and O–H groups in total. The number of hydrogen-bond donors (Lipinski definition) is 1. The van der Waals surface area contributed by atoms with Crippen LogP contribution in [0.1, 0.15) is 37.0 Å². The van der Waals surface area contributed by atoms with Crippen LogP contribution in [-0.4, -0.2) is 36.0 Å². The largest absolute Gasteiger partial charge is 0.347 e. The number of benzene rings is 1. The van der Waals surface area contributed by atoms with Crippen molar-refractivity contribution in [2.24, 2.45) is 0 Å². The van der Waals surface area contributed by atoms with E-state index in [9.17, 15) is 9.18 Å². The van der Waals surface area contributed by atoms with Gasteiger partial charge in [-0.2, -0.15) is 0 Å². The van der Waals surface area contributed by atoms with Gasteiger partial charge in [0.15, 0.2) is 0 Å². The Labute approximate surface area is 113 Å². The highest BCUT2D eigenvalue weighted by molar-refractivity contribution is 5.94. The van der Waals surface area contributed by atoms with E-state index in [-0.39, 0.29) is 17.3 Å². The summed E-state index contributed by atoms with van der Waals surface area (Å²) in [5.41, 5.74) is 0.359. The molecular weight excluding hydrogens is 243 g/mol. The van der Waals surface area contributed by atoms with Crippen molar-refractivity contribution >= 4 is 5.91 Å². The lowest BCUT2D eigenvalue weighted by atomic mass is 9.89. The summed E-state index contributed by atoms with van der Waals surface area (Å²) in [6.45, 7) is 7.32. The van der Waals surface area contributed by atoms with E-state index in [0.717, 1.165) is 32.5 Å². The third kappa shape index (κ3) is 3.53. The maximum Gasteiger partial charge on any atom is 0.251 e. The summed E-state index contributed by atoms with van der Waals surface area (Å²) in [6, 6.07) is 5.68.